The molecule has 9 heteroatoms. The zero-order valence-corrected chi connectivity index (χ0v) is 21.1. The van der Waals surface area contributed by atoms with Gasteiger partial charge in [0.1, 0.15) is 17.2 Å². The van der Waals surface area contributed by atoms with Crippen molar-refractivity contribution in [1.82, 2.24) is 14.5 Å². The molecule has 0 fully saturated rings. The van der Waals surface area contributed by atoms with E-state index in [9.17, 15) is 23.9 Å². The van der Waals surface area contributed by atoms with Gasteiger partial charge in [0.05, 0.1) is 6.04 Å². The number of aromatic nitrogens is 2. The average molecular weight is 488 g/mol. The van der Waals surface area contributed by atoms with E-state index in [4.69, 9.17) is 4.74 Å². The molecule has 0 spiro atoms. The number of amides is 1. The van der Waals surface area contributed by atoms with E-state index in [0.29, 0.717) is 32.2 Å². The SMILES string of the molecule is CCc1cc(F)ccc1CCC(=O)c1nc2n(c(=O)c1O)CCCCC2N(C)C(=O)OC(C)(C)C. The number of Topliss-reactive ketones (excluding diaryl/α,β-unsaturated/α-hetero) is 1. The Morgan fingerprint density at radius 1 is 1.26 bits per heavy atom. The van der Waals surface area contributed by atoms with Gasteiger partial charge >= 0.3 is 6.09 Å². The van der Waals surface area contributed by atoms with Crippen LogP contribution in [0.3, 0.4) is 0 Å². The number of carbonyl (C=O) groups excluding carboxylic acids is 2. The second kappa shape index (κ2) is 10.6. The maximum Gasteiger partial charge on any atom is 0.410 e. The first-order chi connectivity index (χ1) is 16.4. The van der Waals surface area contributed by atoms with Gasteiger partial charge in [-0.3, -0.25) is 14.2 Å². The minimum absolute atomic E-state index is 0.00530. The van der Waals surface area contributed by atoms with E-state index in [-0.39, 0.29) is 23.8 Å². The highest BCUT2D eigenvalue weighted by molar-refractivity contribution is 5.96. The predicted octanol–water partition coefficient (Wildman–Crippen LogP) is 4.56. The number of hydrogen-bond donors (Lipinski definition) is 1. The Bertz CT molecular complexity index is 1170. The van der Waals surface area contributed by atoms with Crippen LogP contribution in [0.4, 0.5) is 9.18 Å². The molecular weight excluding hydrogens is 453 g/mol. The van der Waals surface area contributed by atoms with Crippen molar-refractivity contribution >= 4 is 11.9 Å². The third-order valence-corrected chi connectivity index (χ3v) is 6.17. The van der Waals surface area contributed by atoms with Crippen LogP contribution in [-0.2, 0) is 24.1 Å². The first-order valence-corrected chi connectivity index (χ1v) is 12.0. The van der Waals surface area contributed by atoms with Gasteiger partial charge in [0.25, 0.3) is 5.56 Å². The smallest absolute Gasteiger partial charge is 0.410 e. The highest BCUT2D eigenvalue weighted by atomic mass is 19.1. The molecule has 3 rings (SSSR count). The van der Waals surface area contributed by atoms with Crippen LogP contribution in [0.2, 0.25) is 0 Å². The van der Waals surface area contributed by atoms with Crippen molar-refractivity contribution in [2.75, 3.05) is 7.05 Å². The van der Waals surface area contributed by atoms with Gasteiger partial charge < -0.3 is 14.7 Å². The van der Waals surface area contributed by atoms with Crippen molar-refractivity contribution in [2.45, 2.75) is 84.4 Å². The number of fused-ring (bicyclic) bond motifs is 1. The lowest BCUT2D eigenvalue weighted by Gasteiger charge is -2.30. The normalized spacial score (nSPS) is 15.8. The molecule has 1 amide bonds. The number of ketones is 1. The molecule has 2 heterocycles. The first-order valence-electron chi connectivity index (χ1n) is 12.0. The minimum atomic E-state index is -0.697. The summed E-state index contributed by atoms with van der Waals surface area (Å²) in [6.45, 7) is 7.53. The van der Waals surface area contributed by atoms with Crippen LogP contribution in [0.1, 0.15) is 86.9 Å². The van der Waals surface area contributed by atoms with Gasteiger partial charge in [0.15, 0.2) is 11.5 Å². The Labute approximate surface area is 204 Å². The second-order valence-electron chi connectivity index (χ2n) is 9.92. The fourth-order valence-corrected chi connectivity index (χ4v) is 4.32. The Morgan fingerprint density at radius 3 is 2.63 bits per heavy atom. The van der Waals surface area contributed by atoms with Gasteiger partial charge in [-0.05, 0) is 76.1 Å². The summed E-state index contributed by atoms with van der Waals surface area (Å²) in [5, 5.41) is 10.6. The summed E-state index contributed by atoms with van der Waals surface area (Å²) < 4.78 is 20.4. The van der Waals surface area contributed by atoms with Crippen molar-refractivity contribution < 1.29 is 23.8 Å². The monoisotopic (exact) mass is 487 g/mol. The van der Waals surface area contributed by atoms with E-state index < -0.39 is 34.8 Å². The molecule has 1 unspecified atom stereocenters. The zero-order chi connectivity index (χ0) is 25.9. The molecule has 0 bridgehead atoms. The van der Waals surface area contributed by atoms with Crippen molar-refractivity contribution in [3.8, 4) is 5.75 Å². The quantitative estimate of drug-likeness (QED) is 0.600. The Morgan fingerprint density at radius 2 is 1.97 bits per heavy atom. The number of rotatable bonds is 6. The van der Waals surface area contributed by atoms with E-state index >= 15 is 0 Å². The minimum Gasteiger partial charge on any atom is -0.501 e. The number of hydrogen-bond acceptors (Lipinski definition) is 6. The van der Waals surface area contributed by atoms with Gasteiger partial charge in [-0.15, -0.1) is 0 Å². The molecule has 1 N–H and O–H groups in total. The molecule has 1 aromatic carbocycles. The topological polar surface area (TPSA) is 102 Å². The third-order valence-electron chi connectivity index (χ3n) is 6.17. The van der Waals surface area contributed by atoms with Gasteiger partial charge in [0.2, 0.25) is 5.75 Å². The number of nitrogens with zero attached hydrogens (tertiary/aromatic N) is 3. The largest absolute Gasteiger partial charge is 0.501 e. The molecular formula is C26H34FN3O5. The Hall–Kier alpha value is -3.23. The third kappa shape index (κ3) is 6.07. The van der Waals surface area contributed by atoms with Crippen molar-refractivity contribution in [3.05, 3.63) is 57.0 Å². The molecule has 0 radical (unpaired) electrons. The van der Waals surface area contributed by atoms with E-state index in [1.54, 1.807) is 33.9 Å². The summed E-state index contributed by atoms with van der Waals surface area (Å²) >= 11 is 0. The predicted molar refractivity (Wildman–Crippen MR) is 129 cm³/mol. The van der Waals surface area contributed by atoms with Crippen LogP contribution in [0, 0.1) is 5.82 Å². The summed E-state index contributed by atoms with van der Waals surface area (Å²) in [5.41, 5.74) is -0.0618. The van der Waals surface area contributed by atoms with Gasteiger partial charge in [0, 0.05) is 20.0 Å². The van der Waals surface area contributed by atoms with Gasteiger partial charge in [-0.1, -0.05) is 13.0 Å². The number of aromatic hydroxyl groups is 1. The zero-order valence-electron chi connectivity index (χ0n) is 21.1. The maximum atomic E-state index is 13.6. The van der Waals surface area contributed by atoms with Gasteiger partial charge in [-0.25, -0.2) is 14.2 Å². The molecule has 2 aromatic rings. The number of benzene rings is 1. The standard InChI is InChI=1S/C26H34FN3O5/c1-6-16-15-18(27)12-10-17(16)11-13-20(31)21-22(32)24(33)30-14-8-7-9-19(23(30)28-21)29(5)25(34)35-26(2,3)4/h10,12,15,19,32H,6-9,11,13-14H2,1-5H3. The number of halogens is 1. The fourth-order valence-electron chi connectivity index (χ4n) is 4.32. The lowest BCUT2D eigenvalue weighted by Crippen LogP contribution is -2.39. The van der Waals surface area contributed by atoms with Crippen molar-refractivity contribution in [2.24, 2.45) is 0 Å². The molecule has 8 nitrogen and oxygen atoms in total. The fraction of sp³-hybridized carbons (Fsp3) is 0.538. The highest BCUT2D eigenvalue weighted by Gasteiger charge is 2.33. The van der Waals surface area contributed by atoms with E-state index in [0.717, 1.165) is 17.5 Å². The number of ether oxygens (including phenoxy) is 1. The molecule has 1 aromatic heterocycles. The van der Waals surface area contributed by atoms with Crippen LogP contribution in [0.25, 0.3) is 0 Å². The van der Waals surface area contributed by atoms with Crippen molar-refractivity contribution in [3.63, 3.8) is 0 Å². The molecule has 0 saturated heterocycles. The summed E-state index contributed by atoms with van der Waals surface area (Å²) in [7, 11) is 1.58. The summed E-state index contributed by atoms with van der Waals surface area (Å²) in [6, 6.07) is 3.85. The maximum absolute atomic E-state index is 13.6. The Kier molecular flexibility index (Phi) is 7.97. The molecule has 190 valence electrons. The molecule has 1 aliphatic heterocycles. The molecule has 1 aliphatic rings. The lowest BCUT2D eigenvalue weighted by atomic mass is 9.98. The van der Waals surface area contributed by atoms with Crippen LogP contribution in [0.5, 0.6) is 5.75 Å². The van der Waals surface area contributed by atoms with Crippen LogP contribution in [-0.4, -0.2) is 44.1 Å². The van der Waals surface area contributed by atoms with Crippen molar-refractivity contribution in [1.29, 1.82) is 0 Å². The van der Waals surface area contributed by atoms with E-state index in [1.165, 1.54) is 21.6 Å². The number of carbonyl (C=O) groups is 2. The van der Waals surface area contributed by atoms with Crippen LogP contribution in [0.15, 0.2) is 23.0 Å². The summed E-state index contributed by atoms with van der Waals surface area (Å²) in [4.78, 5) is 44.7. The highest BCUT2D eigenvalue weighted by Crippen LogP contribution is 2.30. The second-order valence-corrected chi connectivity index (χ2v) is 9.92. The van der Waals surface area contributed by atoms with E-state index in [2.05, 4.69) is 4.98 Å². The van der Waals surface area contributed by atoms with Crippen LogP contribution < -0.4 is 5.56 Å². The van der Waals surface area contributed by atoms with Crippen LogP contribution >= 0.6 is 0 Å². The molecule has 35 heavy (non-hydrogen) atoms. The summed E-state index contributed by atoms with van der Waals surface area (Å²) in [6.07, 6.45) is 2.31. The molecule has 0 aliphatic carbocycles. The molecule has 0 saturated carbocycles. The molecule has 1 atom stereocenters. The number of aryl methyl sites for hydroxylation is 2. The summed E-state index contributed by atoms with van der Waals surface area (Å²) in [5.74, 6) is -1.25. The first kappa shape index (κ1) is 26.4. The Balaban J connectivity index is 1.93. The van der Waals surface area contributed by atoms with E-state index in [1.807, 2.05) is 6.92 Å². The lowest BCUT2D eigenvalue weighted by molar-refractivity contribution is 0.0202. The van der Waals surface area contributed by atoms with Gasteiger partial charge in [-0.2, -0.15) is 0 Å². The average Bonchev–Trinajstić information content (AvgIpc) is 3.01.